The second-order valence-corrected chi connectivity index (χ2v) is 9.12. The number of H-pyrrole nitrogens is 2. The van der Waals surface area contributed by atoms with E-state index in [4.69, 9.17) is 11.6 Å². The Kier molecular flexibility index (Phi) is 7.25. The van der Waals surface area contributed by atoms with Gasteiger partial charge in [0.15, 0.2) is 5.15 Å². The van der Waals surface area contributed by atoms with E-state index in [2.05, 4.69) is 37.5 Å². The average molecular weight is 516 g/mol. The highest BCUT2D eigenvalue weighted by molar-refractivity contribution is 6.30. The van der Waals surface area contributed by atoms with Gasteiger partial charge in [-0.15, -0.1) is 10.2 Å². The molecule has 3 heterocycles. The summed E-state index contributed by atoms with van der Waals surface area (Å²) >= 11 is 6.59. The maximum absolute atomic E-state index is 11.9. The highest BCUT2D eigenvalue weighted by atomic mass is 35.5. The van der Waals surface area contributed by atoms with Gasteiger partial charge < -0.3 is 14.7 Å². The number of nitrogens with one attached hydrogen (secondary N) is 2. The molecule has 1 atom stereocenters. The molecule has 0 radical (unpaired) electrons. The van der Waals surface area contributed by atoms with Crippen LogP contribution in [0.25, 0.3) is 22.5 Å². The van der Waals surface area contributed by atoms with E-state index in [1.54, 1.807) is 6.07 Å². The summed E-state index contributed by atoms with van der Waals surface area (Å²) in [5, 5.41) is 26.2. The summed E-state index contributed by atoms with van der Waals surface area (Å²) in [7, 11) is 0. The van der Waals surface area contributed by atoms with Crippen LogP contribution in [0.2, 0.25) is 5.15 Å². The minimum atomic E-state index is -1.11. The van der Waals surface area contributed by atoms with Crippen molar-refractivity contribution in [3.05, 3.63) is 105 Å². The number of benzene rings is 2. The van der Waals surface area contributed by atoms with Crippen molar-refractivity contribution in [3.8, 4) is 22.5 Å². The summed E-state index contributed by atoms with van der Waals surface area (Å²) in [6.07, 6.45) is 3.02. The zero-order chi connectivity index (χ0) is 25.8. The molecule has 0 fully saturated rings. The number of aliphatic hydroxyl groups is 1. The molecule has 3 N–H and O–H groups in total. The molecule has 2 aromatic carbocycles. The Labute approximate surface area is 218 Å². The van der Waals surface area contributed by atoms with E-state index in [9.17, 15) is 9.90 Å². The third kappa shape index (κ3) is 5.23. The van der Waals surface area contributed by atoms with Crippen LogP contribution < -0.4 is 5.56 Å². The Balaban J connectivity index is 1.59. The Bertz CT molecular complexity index is 1550. The molecule has 0 aliphatic rings. The number of unbranched alkanes of at least 4 members (excludes halogenated alkanes) is 1. The summed E-state index contributed by atoms with van der Waals surface area (Å²) in [5.41, 5.74) is 4.39. The zero-order valence-electron chi connectivity index (χ0n) is 20.2. The summed E-state index contributed by atoms with van der Waals surface area (Å²) in [6, 6.07) is 19.1. The summed E-state index contributed by atoms with van der Waals surface area (Å²) in [5.74, 6) is 1.26. The first-order valence-electron chi connectivity index (χ1n) is 12.1. The molecule has 0 aliphatic carbocycles. The van der Waals surface area contributed by atoms with Crippen LogP contribution in [0, 0.1) is 0 Å². The zero-order valence-corrected chi connectivity index (χ0v) is 21.0. The van der Waals surface area contributed by atoms with Crippen LogP contribution >= 0.6 is 11.6 Å². The largest absolute Gasteiger partial charge is 0.382 e. The van der Waals surface area contributed by atoms with Crippen molar-refractivity contribution in [2.24, 2.45) is 0 Å². The van der Waals surface area contributed by atoms with E-state index in [1.165, 1.54) is 12.3 Å². The predicted molar refractivity (Wildman–Crippen MR) is 141 cm³/mol. The van der Waals surface area contributed by atoms with Crippen molar-refractivity contribution in [2.75, 3.05) is 0 Å². The molecule has 3 aromatic heterocycles. The minimum absolute atomic E-state index is 0.221. The maximum Gasteiger partial charge on any atom is 0.248 e. The summed E-state index contributed by atoms with van der Waals surface area (Å²) in [4.78, 5) is 19.1. The molecule has 0 saturated heterocycles. The van der Waals surface area contributed by atoms with E-state index in [1.807, 2.05) is 53.1 Å². The van der Waals surface area contributed by atoms with Crippen LogP contribution in [0.3, 0.4) is 0 Å². The highest BCUT2D eigenvalue weighted by Gasteiger charge is 2.24. The number of aryl methyl sites for hydroxylation is 1. The maximum atomic E-state index is 11.9. The molecule has 0 aliphatic heterocycles. The first-order valence-corrected chi connectivity index (χ1v) is 12.5. The molecule has 10 heteroatoms. The fraction of sp³-hybridized carbons (Fsp3) is 0.222. The first-order chi connectivity index (χ1) is 18.0. The molecule has 0 spiro atoms. The Morgan fingerprint density at radius 1 is 1.08 bits per heavy atom. The van der Waals surface area contributed by atoms with Gasteiger partial charge in [-0.05, 0) is 46.0 Å². The van der Waals surface area contributed by atoms with Crippen molar-refractivity contribution in [3.63, 3.8) is 0 Å². The van der Waals surface area contributed by atoms with Crippen LogP contribution in [0.15, 0.2) is 71.7 Å². The van der Waals surface area contributed by atoms with Crippen molar-refractivity contribution in [1.82, 2.24) is 35.2 Å². The molecule has 9 nitrogen and oxygen atoms in total. The topological polar surface area (TPSA) is 125 Å². The number of aromatic amines is 2. The SMILES string of the molecule is CCCCc1nc(Cl)c(C(O)c2cc[nH]c(=O)c2)n1Cc1ccc(-c2ccccc2)c(-c2nn[nH]n2)c1. The van der Waals surface area contributed by atoms with Crippen molar-refractivity contribution < 1.29 is 5.11 Å². The lowest BCUT2D eigenvalue weighted by Crippen LogP contribution is -2.15. The Morgan fingerprint density at radius 2 is 1.92 bits per heavy atom. The average Bonchev–Trinajstić information content (AvgIpc) is 3.56. The molecule has 0 amide bonds. The number of tetrazole rings is 1. The van der Waals surface area contributed by atoms with Crippen LogP contribution in [0.4, 0.5) is 0 Å². The fourth-order valence-corrected chi connectivity index (χ4v) is 4.74. The number of hydrogen-bond acceptors (Lipinski definition) is 6. The number of halogens is 1. The van der Waals surface area contributed by atoms with Gasteiger partial charge in [0.05, 0.1) is 5.69 Å². The molecule has 5 rings (SSSR count). The molecule has 37 heavy (non-hydrogen) atoms. The van der Waals surface area contributed by atoms with E-state index in [0.717, 1.165) is 40.9 Å². The summed E-state index contributed by atoms with van der Waals surface area (Å²) in [6.45, 7) is 2.52. The van der Waals surface area contributed by atoms with Gasteiger partial charge in [0.1, 0.15) is 11.9 Å². The lowest BCUT2D eigenvalue weighted by Gasteiger charge is -2.18. The molecule has 0 bridgehead atoms. The lowest BCUT2D eigenvalue weighted by atomic mass is 9.97. The third-order valence-electron chi connectivity index (χ3n) is 6.26. The van der Waals surface area contributed by atoms with Gasteiger partial charge >= 0.3 is 0 Å². The van der Waals surface area contributed by atoms with Gasteiger partial charge in [-0.1, -0.05) is 67.4 Å². The predicted octanol–water partition coefficient (Wildman–Crippen LogP) is 4.54. The fourth-order valence-electron chi connectivity index (χ4n) is 4.44. The number of imidazole rings is 1. The monoisotopic (exact) mass is 515 g/mol. The van der Waals surface area contributed by atoms with E-state index >= 15 is 0 Å². The van der Waals surface area contributed by atoms with Crippen molar-refractivity contribution in [1.29, 1.82) is 0 Å². The molecular weight excluding hydrogens is 490 g/mol. The number of aliphatic hydroxyl groups excluding tert-OH is 1. The number of pyridine rings is 1. The van der Waals surface area contributed by atoms with E-state index < -0.39 is 6.10 Å². The third-order valence-corrected chi connectivity index (χ3v) is 6.54. The van der Waals surface area contributed by atoms with Crippen LogP contribution in [-0.2, 0) is 13.0 Å². The van der Waals surface area contributed by atoms with Gasteiger partial charge in [0.25, 0.3) is 0 Å². The summed E-state index contributed by atoms with van der Waals surface area (Å²) < 4.78 is 1.95. The smallest absolute Gasteiger partial charge is 0.248 e. The van der Waals surface area contributed by atoms with Crippen LogP contribution in [0.5, 0.6) is 0 Å². The first kappa shape index (κ1) is 24.6. The van der Waals surface area contributed by atoms with Gasteiger partial charge in [-0.2, -0.15) is 5.21 Å². The van der Waals surface area contributed by atoms with Crippen LogP contribution in [0.1, 0.15) is 48.5 Å². The number of rotatable bonds is 9. The number of hydrogen-bond donors (Lipinski definition) is 3. The minimum Gasteiger partial charge on any atom is -0.382 e. The quantitative estimate of drug-likeness (QED) is 0.264. The van der Waals surface area contributed by atoms with Crippen molar-refractivity contribution >= 4 is 11.6 Å². The molecular formula is C27H26ClN7O2. The van der Waals surface area contributed by atoms with Gasteiger partial charge in [0.2, 0.25) is 11.4 Å². The Hall–Kier alpha value is -4.08. The lowest BCUT2D eigenvalue weighted by molar-refractivity contribution is 0.210. The van der Waals surface area contributed by atoms with Gasteiger partial charge in [-0.3, -0.25) is 4.79 Å². The Morgan fingerprint density at radius 3 is 2.65 bits per heavy atom. The molecule has 5 aromatic rings. The standard InChI is InChI=1S/C27H26ClN7O2/c1-2-3-9-22-30-26(28)24(25(37)19-12-13-29-23(36)15-19)35(22)16-17-10-11-20(18-7-5-4-6-8-18)21(14-17)27-31-33-34-32-27/h4-8,10-15,25,37H,2-3,9,16H2,1H3,(H,29,36)(H,31,32,33,34). The number of aromatic nitrogens is 7. The molecule has 1 unspecified atom stereocenters. The highest BCUT2D eigenvalue weighted by Crippen LogP contribution is 2.33. The van der Waals surface area contributed by atoms with E-state index in [0.29, 0.717) is 30.0 Å². The van der Waals surface area contributed by atoms with Crippen LogP contribution in [-0.4, -0.2) is 40.3 Å². The molecule has 0 saturated carbocycles. The van der Waals surface area contributed by atoms with Gasteiger partial charge in [-0.25, -0.2) is 4.98 Å². The second kappa shape index (κ2) is 10.9. The molecule has 188 valence electrons. The van der Waals surface area contributed by atoms with Crippen molar-refractivity contribution in [2.45, 2.75) is 38.8 Å². The number of nitrogens with zero attached hydrogens (tertiary/aromatic N) is 5. The normalized spacial score (nSPS) is 12.1. The second-order valence-electron chi connectivity index (χ2n) is 8.76. The van der Waals surface area contributed by atoms with E-state index in [-0.39, 0.29) is 10.7 Å². The van der Waals surface area contributed by atoms with Gasteiger partial charge in [0, 0.05) is 30.8 Å².